The van der Waals surface area contributed by atoms with E-state index in [-0.39, 0.29) is 6.42 Å². The zero-order valence-corrected chi connectivity index (χ0v) is 11.5. The number of carbonyl (C=O) groups excluding carboxylic acids is 1. The quantitative estimate of drug-likeness (QED) is 0.649. The molecule has 2 unspecified atom stereocenters. The van der Waals surface area contributed by atoms with Crippen LogP contribution in [-0.4, -0.2) is 44.3 Å². The number of carbonyl (C=O) groups is 1. The van der Waals surface area contributed by atoms with Crippen molar-refractivity contribution in [1.29, 1.82) is 0 Å². The molecule has 0 aromatic carbocycles. The third kappa shape index (κ3) is 6.26. The van der Waals surface area contributed by atoms with Crippen LogP contribution in [0.5, 0.6) is 0 Å². The molecule has 0 spiro atoms. The second kappa shape index (κ2) is 8.37. The molecule has 18 heavy (non-hydrogen) atoms. The summed E-state index contributed by atoms with van der Waals surface area (Å²) in [6.45, 7) is 5.36. The summed E-state index contributed by atoms with van der Waals surface area (Å²) in [5, 5.41) is 3.07. The van der Waals surface area contributed by atoms with Gasteiger partial charge in [0.2, 0.25) is 0 Å². The van der Waals surface area contributed by atoms with Crippen molar-refractivity contribution in [3.8, 4) is 0 Å². The van der Waals surface area contributed by atoms with Gasteiger partial charge in [-0.2, -0.15) is 0 Å². The standard InChI is InChI=1S/C12H23F2NO3/c1-5-6-15-12(3,11(16)17-4)7-9(2)18-8-10(13)14/h9-10,15H,5-8H2,1-4H3. The number of halogens is 2. The largest absolute Gasteiger partial charge is 0.468 e. The lowest BCUT2D eigenvalue weighted by Gasteiger charge is -2.30. The molecule has 0 aliphatic heterocycles. The number of rotatable bonds is 9. The predicted octanol–water partition coefficient (Wildman–Crippen LogP) is 1.98. The first-order chi connectivity index (χ1) is 8.35. The van der Waals surface area contributed by atoms with E-state index in [0.29, 0.717) is 6.54 Å². The molecule has 0 radical (unpaired) electrons. The fourth-order valence-electron chi connectivity index (χ4n) is 1.72. The summed E-state index contributed by atoms with van der Waals surface area (Å²) >= 11 is 0. The number of hydrogen-bond donors (Lipinski definition) is 1. The number of esters is 1. The molecule has 0 aliphatic rings. The molecule has 0 aromatic rings. The van der Waals surface area contributed by atoms with Crippen molar-refractivity contribution in [3.63, 3.8) is 0 Å². The molecule has 0 rings (SSSR count). The maximum absolute atomic E-state index is 12.0. The third-order valence-corrected chi connectivity index (χ3v) is 2.60. The Morgan fingerprint density at radius 3 is 2.50 bits per heavy atom. The summed E-state index contributed by atoms with van der Waals surface area (Å²) in [5.74, 6) is -0.413. The fourth-order valence-corrected chi connectivity index (χ4v) is 1.72. The van der Waals surface area contributed by atoms with E-state index in [0.717, 1.165) is 6.42 Å². The number of nitrogens with one attached hydrogen (secondary N) is 1. The monoisotopic (exact) mass is 267 g/mol. The van der Waals surface area contributed by atoms with E-state index in [9.17, 15) is 13.6 Å². The first kappa shape index (κ1) is 17.2. The maximum atomic E-state index is 12.0. The summed E-state index contributed by atoms with van der Waals surface area (Å²) < 4.78 is 33.8. The average molecular weight is 267 g/mol. The SMILES string of the molecule is CCCNC(C)(CC(C)OCC(F)F)C(=O)OC. The highest BCUT2D eigenvalue weighted by Gasteiger charge is 2.35. The molecule has 0 saturated heterocycles. The summed E-state index contributed by atoms with van der Waals surface area (Å²) in [5.41, 5.74) is -0.910. The topological polar surface area (TPSA) is 47.6 Å². The van der Waals surface area contributed by atoms with Gasteiger partial charge in [-0.3, -0.25) is 4.79 Å². The van der Waals surface area contributed by atoms with E-state index in [1.807, 2.05) is 6.92 Å². The highest BCUT2D eigenvalue weighted by molar-refractivity contribution is 5.80. The molecule has 108 valence electrons. The van der Waals surface area contributed by atoms with E-state index in [4.69, 9.17) is 9.47 Å². The van der Waals surface area contributed by atoms with Gasteiger partial charge in [-0.1, -0.05) is 6.92 Å². The van der Waals surface area contributed by atoms with Gasteiger partial charge in [0.15, 0.2) is 0 Å². The Kier molecular flexibility index (Phi) is 8.02. The Hall–Kier alpha value is -0.750. The third-order valence-electron chi connectivity index (χ3n) is 2.60. The van der Waals surface area contributed by atoms with Crippen LogP contribution in [0.25, 0.3) is 0 Å². The van der Waals surface area contributed by atoms with Gasteiger partial charge in [-0.15, -0.1) is 0 Å². The van der Waals surface area contributed by atoms with Crippen molar-refractivity contribution < 1.29 is 23.0 Å². The zero-order valence-electron chi connectivity index (χ0n) is 11.5. The summed E-state index contributed by atoms with van der Waals surface area (Å²) in [7, 11) is 1.30. The van der Waals surface area contributed by atoms with E-state index in [2.05, 4.69) is 5.32 Å². The van der Waals surface area contributed by atoms with Crippen LogP contribution >= 0.6 is 0 Å². The minimum atomic E-state index is -2.50. The lowest BCUT2D eigenvalue weighted by molar-refractivity contribution is -0.150. The van der Waals surface area contributed by atoms with E-state index in [1.165, 1.54) is 7.11 Å². The van der Waals surface area contributed by atoms with Gasteiger partial charge < -0.3 is 14.8 Å². The Morgan fingerprint density at radius 1 is 1.44 bits per heavy atom. The van der Waals surface area contributed by atoms with Crippen LogP contribution < -0.4 is 5.32 Å². The van der Waals surface area contributed by atoms with Crippen LogP contribution in [0.4, 0.5) is 8.78 Å². The molecule has 0 saturated carbocycles. The van der Waals surface area contributed by atoms with Crippen molar-refractivity contribution in [1.82, 2.24) is 5.32 Å². The van der Waals surface area contributed by atoms with Crippen molar-refractivity contribution in [2.75, 3.05) is 20.3 Å². The Bertz CT molecular complexity index is 251. The van der Waals surface area contributed by atoms with Crippen LogP contribution in [0.2, 0.25) is 0 Å². The lowest BCUT2D eigenvalue weighted by Crippen LogP contribution is -2.52. The zero-order chi connectivity index (χ0) is 14.2. The van der Waals surface area contributed by atoms with Crippen LogP contribution in [0, 0.1) is 0 Å². The van der Waals surface area contributed by atoms with Gasteiger partial charge in [0, 0.05) is 6.42 Å². The molecular formula is C12H23F2NO3. The first-order valence-electron chi connectivity index (χ1n) is 6.09. The molecule has 0 fully saturated rings. The highest BCUT2D eigenvalue weighted by Crippen LogP contribution is 2.17. The molecule has 0 amide bonds. The number of hydrogen-bond acceptors (Lipinski definition) is 4. The molecule has 0 heterocycles. The Morgan fingerprint density at radius 2 is 2.06 bits per heavy atom. The molecule has 2 atom stereocenters. The van der Waals surface area contributed by atoms with E-state index < -0.39 is 30.6 Å². The van der Waals surface area contributed by atoms with E-state index >= 15 is 0 Å². The molecule has 6 heteroatoms. The fraction of sp³-hybridized carbons (Fsp3) is 0.917. The summed E-state index contributed by atoms with van der Waals surface area (Å²) in [6, 6.07) is 0. The first-order valence-corrected chi connectivity index (χ1v) is 6.09. The smallest absolute Gasteiger partial charge is 0.325 e. The average Bonchev–Trinajstić information content (AvgIpc) is 2.32. The Balaban J connectivity index is 4.43. The molecule has 0 aromatic heterocycles. The lowest BCUT2D eigenvalue weighted by atomic mass is 9.94. The minimum absolute atomic E-state index is 0.284. The van der Waals surface area contributed by atoms with Crippen LogP contribution in [-0.2, 0) is 14.3 Å². The second-order valence-electron chi connectivity index (χ2n) is 4.49. The van der Waals surface area contributed by atoms with E-state index in [1.54, 1.807) is 13.8 Å². The minimum Gasteiger partial charge on any atom is -0.468 e. The van der Waals surface area contributed by atoms with Crippen molar-refractivity contribution >= 4 is 5.97 Å². The van der Waals surface area contributed by atoms with Crippen LogP contribution in [0.1, 0.15) is 33.6 Å². The maximum Gasteiger partial charge on any atom is 0.325 e. The summed E-state index contributed by atoms with van der Waals surface area (Å²) in [4.78, 5) is 11.7. The molecular weight excluding hydrogens is 244 g/mol. The molecule has 1 N–H and O–H groups in total. The van der Waals surface area contributed by atoms with Gasteiger partial charge in [0.05, 0.1) is 13.2 Å². The van der Waals surface area contributed by atoms with Crippen LogP contribution in [0.3, 0.4) is 0 Å². The van der Waals surface area contributed by atoms with Gasteiger partial charge in [-0.05, 0) is 26.8 Å². The molecule has 4 nitrogen and oxygen atoms in total. The van der Waals surface area contributed by atoms with Gasteiger partial charge in [-0.25, -0.2) is 8.78 Å². The second-order valence-corrected chi connectivity index (χ2v) is 4.49. The number of methoxy groups -OCH3 is 1. The van der Waals surface area contributed by atoms with Gasteiger partial charge in [0.25, 0.3) is 6.43 Å². The van der Waals surface area contributed by atoms with Gasteiger partial charge >= 0.3 is 5.97 Å². The molecule has 0 aliphatic carbocycles. The Labute approximate surface area is 107 Å². The van der Waals surface area contributed by atoms with Crippen molar-refractivity contribution in [2.24, 2.45) is 0 Å². The molecule has 0 bridgehead atoms. The van der Waals surface area contributed by atoms with Gasteiger partial charge in [0.1, 0.15) is 12.1 Å². The number of alkyl halides is 2. The van der Waals surface area contributed by atoms with Crippen molar-refractivity contribution in [2.45, 2.75) is 51.7 Å². The predicted molar refractivity (Wildman–Crippen MR) is 64.7 cm³/mol. The summed E-state index contributed by atoms with van der Waals surface area (Å²) in [6.07, 6.45) is -1.81. The van der Waals surface area contributed by atoms with Crippen LogP contribution in [0.15, 0.2) is 0 Å². The number of ether oxygens (including phenoxy) is 2. The van der Waals surface area contributed by atoms with Crippen molar-refractivity contribution in [3.05, 3.63) is 0 Å². The normalized spacial score (nSPS) is 16.4. The highest BCUT2D eigenvalue weighted by atomic mass is 19.3.